The number of carbonyl (C=O) groups excluding carboxylic acids is 1. The zero-order chi connectivity index (χ0) is 16.9. The normalized spacial score (nSPS) is 10.2. The Hall–Kier alpha value is -3.75. The molecule has 3 rings (SSSR count). The van der Waals surface area contributed by atoms with Gasteiger partial charge in [-0.25, -0.2) is 4.79 Å². The Labute approximate surface area is 135 Å². The first kappa shape index (κ1) is 15.2. The molecule has 0 atom stereocenters. The molecule has 0 spiro atoms. The lowest BCUT2D eigenvalue weighted by atomic mass is 10.2. The number of nitro benzene ring substituents is 1. The quantitative estimate of drug-likeness (QED) is 0.577. The van der Waals surface area contributed by atoms with E-state index in [-0.39, 0.29) is 11.4 Å². The van der Waals surface area contributed by atoms with Crippen LogP contribution in [0.1, 0.15) is 0 Å². The van der Waals surface area contributed by atoms with Crippen LogP contribution < -0.4 is 10.1 Å². The minimum absolute atomic E-state index is 0.0879. The molecule has 0 radical (unpaired) electrons. The summed E-state index contributed by atoms with van der Waals surface area (Å²) in [7, 11) is 0. The lowest BCUT2D eigenvalue weighted by molar-refractivity contribution is -0.384. The molecule has 0 bridgehead atoms. The summed E-state index contributed by atoms with van der Waals surface area (Å²) in [6.07, 6.45) is 0.546. The van der Waals surface area contributed by atoms with E-state index in [0.29, 0.717) is 17.1 Å². The third-order valence-corrected chi connectivity index (χ3v) is 2.98. The maximum absolute atomic E-state index is 11.9. The summed E-state index contributed by atoms with van der Waals surface area (Å²) in [4.78, 5) is 25.8. The number of nitrogens with one attached hydrogen (secondary N) is 1. The van der Waals surface area contributed by atoms with Crippen LogP contribution in [0.2, 0.25) is 0 Å². The number of benzene rings is 2. The van der Waals surface area contributed by atoms with Crippen LogP contribution in [0.3, 0.4) is 0 Å². The van der Waals surface area contributed by atoms with E-state index in [1.807, 2.05) is 0 Å². The fraction of sp³-hybridized carbons (Fsp3) is 0. The SMILES string of the molecule is O=C(Nc1cccc(-c2ncno2)c1)Oc1ccc([N+](=O)[O-])cc1. The highest BCUT2D eigenvalue weighted by molar-refractivity contribution is 5.87. The summed E-state index contributed by atoms with van der Waals surface area (Å²) < 4.78 is 10.0. The molecule has 0 unspecified atom stereocenters. The summed E-state index contributed by atoms with van der Waals surface area (Å²) in [5.41, 5.74) is 1.02. The Morgan fingerprint density at radius 3 is 2.67 bits per heavy atom. The molecule has 0 saturated carbocycles. The van der Waals surface area contributed by atoms with E-state index in [2.05, 4.69) is 15.5 Å². The predicted octanol–water partition coefficient (Wildman–Crippen LogP) is 3.26. The zero-order valence-electron chi connectivity index (χ0n) is 12.1. The van der Waals surface area contributed by atoms with Gasteiger partial charge in [-0.2, -0.15) is 4.98 Å². The topological polar surface area (TPSA) is 120 Å². The van der Waals surface area contributed by atoms with Gasteiger partial charge >= 0.3 is 6.09 Å². The second kappa shape index (κ2) is 6.57. The van der Waals surface area contributed by atoms with Gasteiger partial charge in [-0.05, 0) is 30.3 Å². The molecule has 1 N–H and O–H groups in total. The Kier molecular flexibility index (Phi) is 4.15. The number of hydrogen-bond donors (Lipinski definition) is 1. The monoisotopic (exact) mass is 326 g/mol. The van der Waals surface area contributed by atoms with E-state index in [1.165, 1.54) is 30.6 Å². The van der Waals surface area contributed by atoms with Gasteiger partial charge in [0.15, 0.2) is 6.33 Å². The van der Waals surface area contributed by atoms with Crippen molar-refractivity contribution in [1.82, 2.24) is 10.1 Å². The van der Waals surface area contributed by atoms with E-state index < -0.39 is 11.0 Å². The molecule has 1 aromatic heterocycles. The van der Waals surface area contributed by atoms with Gasteiger partial charge in [-0.3, -0.25) is 15.4 Å². The highest BCUT2D eigenvalue weighted by Crippen LogP contribution is 2.21. The van der Waals surface area contributed by atoms with E-state index in [9.17, 15) is 14.9 Å². The summed E-state index contributed by atoms with van der Waals surface area (Å²) in [6, 6.07) is 11.9. The van der Waals surface area contributed by atoms with Crippen molar-refractivity contribution >= 4 is 17.5 Å². The van der Waals surface area contributed by atoms with E-state index >= 15 is 0 Å². The number of carbonyl (C=O) groups is 1. The van der Waals surface area contributed by atoms with Gasteiger partial charge < -0.3 is 9.26 Å². The molecule has 0 aliphatic carbocycles. The fourth-order valence-electron chi connectivity index (χ4n) is 1.92. The number of rotatable bonds is 4. The number of amides is 1. The van der Waals surface area contributed by atoms with Crippen molar-refractivity contribution in [3.05, 3.63) is 65.0 Å². The number of anilines is 1. The molecule has 3 aromatic rings. The average molecular weight is 326 g/mol. The summed E-state index contributed by atoms with van der Waals surface area (Å²) in [5, 5.41) is 16.6. The van der Waals surface area contributed by atoms with Gasteiger partial charge in [0.25, 0.3) is 11.6 Å². The van der Waals surface area contributed by atoms with Gasteiger partial charge in [0, 0.05) is 23.4 Å². The zero-order valence-corrected chi connectivity index (χ0v) is 12.1. The predicted molar refractivity (Wildman–Crippen MR) is 82.5 cm³/mol. The van der Waals surface area contributed by atoms with Crippen molar-refractivity contribution in [3.63, 3.8) is 0 Å². The van der Waals surface area contributed by atoms with Crippen LogP contribution in [0, 0.1) is 10.1 Å². The lowest BCUT2D eigenvalue weighted by Gasteiger charge is -2.07. The summed E-state index contributed by atoms with van der Waals surface area (Å²) in [6.45, 7) is 0. The third kappa shape index (κ3) is 3.53. The fourth-order valence-corrected chi connectivity index (χ4v) is 1.92. The molecular formula is C15H10N4O5. The molecule has 2 aromatic carbocycles. The Bertz CT molecular complexity index is 862. The molecule has 0 fully saturated rings. The van der Waals surface area contributed by atoms with Gasteiger partial charge in [0.05, 0.1) is 4.92 Å². The molecule has 1 amide bonds. The van der Waals surface area contributed by atoms with Crippen LogP contribution in [0.4, 0.5) is 16.2 Å². The number of nitrogens with zero attached hydrogens (tertiary/aromatic N) is 3. The molecule has 120 valence electrons. The van der Waals surface area contributed by atoms with E-state index in [0.717, 1.165) is 0 Å². The second-order valence-electron chi connectivity index (χ2n) is 4.59. The van der Waals surface area contributed by atoms with Gasteiger partial charge in [0.1, 0.15) is 5.75 Å². The first-order chi connectivity index (χ1) is 11.6. The molecule has 0 aliphatic rings. The first-order valence-corrected chi connectivity index (χ1v) is 6.72. The standard InChI is InChI=1S/C15H10N4O5/c20-15(23-13-6-4-12(5-7-13)19(21)22)18-11-3-1-2-10(8-11)14-16-9-17-24-14/h1-9H,(H,18,20). The van der Waals surface area contributed by atoms with Crippen molar-refractivity contribution in [2.75, 3.05) is 5.32 Å². The maximum atomic E-state index is 11.9. The molecule has 0 aliphatic heterocycles. The molecule has 24 heavy (non-hydrogen) atoms. The molecule has 1 heterocycles. The van der Waals surface area contributed by atoms with Crippen molar-refractivity contribution in [1.29, 1.82) is 0 Å². The average Bonchev–Trinajstić information content (AvgIpc) is 3.10. The number of non-ortho nitro benzene ring substituents is 1. The van der Waals surface area contributed by atoms with Crippen LogP contribution in [0.15, 0.2) is 59.4 Å². The molecule has 0 saturated heterocycles. The van der Waals surface area contributed by atoms with Crippen LogP contribution in [-0.2, 0) is 0 Å². The van der Waals surface area contributed by atoms with Gasteiger partial charge in [-0.15, -0.1) is 0 Å². The van der Waals surface area contributed by atoms with E-state index in [4.69, 9.17) is 9.26 Å². The van der Waals surface area contributed by atoms with Crippen LogP contribution in [0.5, 0.6) is 5.75 Å². The number of ether oxygens (including phenoxy) is 1. The van der Waals surface area contributed by atoms with Crippen LogP contribution in [0.25, 0.3) is 11.5 Å². The minimum atomic E-state index is -0.730. The van der Waals surface area contributed by atoms with Crippen LogP contribution in [-0.4, -0.2) is 21.2 Å². The Morgan fingerprint density at radius 2 is 2.00 bits per heavy atom. The summed E-state index contributed by atoms with van der Waals surface area (Å²) >= 11 is 0. The van der Waals surface area contributed by atoms with E-state index in [1.54, 1.807) is 24.3 Å². The highest BCUT2D eigenvalue weighted by Gasteiger charge is 2.10. The molecule has 9 nitrogen and oxygen atoms in total. The number of nitro groups is 1. The maximum Gasteiger partial charge on any atom is 0.417 e. The summed E-state index contributed by atoms with van der Waals surface area (Å²) in [5.74, 6) is 0.508. The largest absolute Gasteiger partial charge is 0.417 e. The highest BCUT2D eigenvalue weighted by atomic mass is 16.6. The Morgan fingerprint density at radius 1 is 1.21 bits per heavy atom. The van der Waals surface area contributed by atoms with Crippen LogP contribution >= 0.6 is 0 Å². The Balaban J connectivity index is 1.66. The smallest absolute Gasteiger partial charge is 0.410 e. The van der Waals surface area contributed by atoms with Crippen molar-refractivity contribution in [2.24, 2.45) is 0 Å². The van der Waals surface area contributed by atoms with Gasteiger partial charge in [0.2, 0.25) is 0 Å². The molecule has 9 heteroatoms. The van der Waals surface area contributed by atoms with Crippen molar-refractivity contribution < 1.29 is 19.0 Å². The van der Waals surface area contributed by atoms with Crippen molar-refractivity contribution in [2.45, 2.75) is 0 Å². The number of aromatic nitrogens is 2. The first-order valence-electron chi connectivity index (χ1n) is 6.72. The lowest BCUT2D eigenvalue weighted by Crippen LogP contribution is -2.16. The number of hydrogen-bond acceptors (Lipinski definition) is 7. The van der Waals surface area contributed by atoms with Gasteiger partial charge in [-0.1, -0.05) is 11.2 Å². The minimum Gasteiger partial charge on any atom is -0.410 e. The molecular weight excluding hydrogens is 316 g/mol. The second-order valence-corrected chi connectivity index (χ2v) is 4.59. The van der Waals surface area contributed by atoms with Crippen molar-refractivity contribution in [3.8, 4) is 17.2 Å². The third-order valence-electron chi connectivity index (χ3n) is 2.98.